The van der Waals surface area contributed by atoms with E-state index in [1.54, 1.807) is 6.92 Å². The molecule has 1 saturated heterocycles. The third-order valence-corrected chi connectivity index (χ3v) is 4.31. The maximum atomic E-state index is 12.0. The molecule has 1 amide bonds. The van der Waals surface area contributed by atoms with Crippen LogP contribution in [0, 0.1) is 0 Å². The van der Waals surface area contributed by atoms with Crippen molar-refractivity contribution in [2.45, 2.75) is 51.6 Å². The highest BCUT2D eigenvalue weighted by Gasteiger charge is 2.32. The Balaban J connectivity index is 1.62. The van der Waals surface area contributed by atoms with Gasteiger partial charge in [0.25, 0.3) is 0 Å². The van der Waals surface area contributed by atoms with Crippen LogP contribution in [0.4, 0.5) is 0 Å². The minimum absolute atomic E-state index is 0.0694. The number of rotatable bonds is 6. The van der Waals surface area contributed by atoms with Crippen molar-refractivity contribution in [2.75, 3.05) is 19.6 Å². The lowest BCUT2D eigenvalue weighted by Gasteiger charge is -2.27. The molecule has 1 aromatic heterocycles. The van der Waals surface area contributed by atoms with Crippen LogP contribution in [-0.2, 0) is 11.3 Å². The zero-order chi connectivity index (χ0) is 15.7. The number of likely N-dealkylation sites (tertiary alicyclic amines) is 1. The van der Waals surface area contributed by atoms with Crippen LogP contribution in [-0.4, -0.2) is 51.5 Å². The molecule has 6 nitrogen and oxygen atoms in total. The van der Waals surface area contributed by atoms with Crippen LogP contribution >= 0.6 is 0 Å². The predicted molar refractivity (Wildman–Crippen MR) is 82.2 cm³/mol. The molecule has 1 saturated carbocycles. The Labute approximate surface area is 131 Å². The van der Waals surface area contributed by atoms with Crippen LogP contribution in [0.1, 0.15) is 50.7 Å². The average molecular weight is 304 g/mol. The molecular weight excluding hydrogens is 280 g/mol. The number of nitrogens with zero attached hydrogens (tertiary/aromatic N) is 4. The Morgan fingerprint density at radius 3 is 2.82 bits per heavy atom. The van der Waals surface area contributed by atoms with E-state index in [4.69, 9.17) is 4.52 Å². The Hall–Kier alpha value is -1.69. The van der Waals surface area contributed by atoms with E-state index >= 15 is 0 Å². The molecule has 2 fully saturated rings. The summed E-state index contributed by atoms with van der Waals surface area (Å²) < 4.78 is 5.28. The summed E-state index contributed by atoms with van der Waals surface area (Å²) in [4.78, 5) is 20.7. The van der Waals surface area contributed by atoms with Gasteiger partial charge < -0.3 is 9.42 Å². The highest BCUT2D eigenvalue weighted by atomic mass is 16.5. The second-order valence-electron chi connectivity index (χ2n) is 6.60. The van der Waals surface area contributed by atoms with Crippen LogP contribution in [0.5, 0.6) is 0 Å². The molecule has 1 atom stereocenters. The molecular formula is C16H24N4O2. The lowest BCUT2D eigenvalue weighted by Crippen LogP contribution is -2.40. The number of aromatic nitrogens is 2. The van der Waals surface area contributed by atoms with Gasteiger partial charge in [-0.25, -0.2) is 0 Å². The van der Waals surface area contributed by atoms with Gasteiger partial charge >= 0.3 is 0 Å². The molecule has 0 N–H and O–H groups in total. The maximum Gasteiger partial charge on any atom is 0.229 e. The van der Waals surface area contributed by atoms with Gasteiger partial charge in [-0.1, -0.05) is 17.3 Å². The van der Waals surface area contributed by atoms with Crippen molar-refractivity contribution in [1.82, 2.24) is 19.9 Å². The summed E-state index contributed by atoms with van der Waals surface area (Å²) in [5.74, 6) is 1.87. The number of carbonyl (C=O) groups is 1. The fourth-order valence-electron chi connectivity index (χ4n) is 3.07. The van der Waals surface area contributed by atoms with E-state index in [1.165, 1.54) is 0 Å². The van der Waals surface area contributed by atoms with Gasteiger partial charge in [0, 0.05) is 38.5 Å². The van der Waals surface area contributed by atoms with Gasteiger partial charge in [-0.15, -0.1) is 0 Å². The first-order chi connectivity index (χ1) is 10.5. The van der Waals surface area contributed by atoms with E-state index in [2.05, 4.69) is 21.6 Å². The Morgan fingerprint density at radius 1 is 1.41 bits per heavy atom. The largest absolute Gasteiger partial charge is 0.339 e. The summed E-state index contributed by atoms with van der Waals surface area (Å²) in [5.41, 5.74) is 1.15. The monoisotopic (exact) mass is 304 g/mol. The Morgan fingerprint density at radius 2 is 2.18 bits per heavy atom. The first kappa shape index (κ1) is 15.2. The quantitative estimate of drug-likeness (QED) is 0.752. The molecule has 1 aliphatic carbocycles. The molecule has 2 heterocycles. The van der Waals surface area contributed by atoms with E-state index in [0.717, 1.165) is 50.4 Å². The molecule has 2 aliphatic rings. The van der Waals surface area contributed by atoms with Crippen LogP contribution < -0.4 is 0 Å². The minimum Gasteiger partial charge on any atom is -0.339 e. The van der Waals surface area contributed by atoms with Crippen LogP contribution in [0.15, 0.2) is 16.7 Å². The average Bonchev–Trinajstić information content (AvgIpc) is 3.02. The lowest BCUT2D eigenvalue weighted by atomic mass is 10.2. The maximum absolute atomic E-state index is 12.0. The highest BCUT2D eigenvalue weighted by molar-refractivity contribution is 5.73. The van der Waals surface area contributed by atoms with E-state index in [0.29, 0.717) is 18.3 Å². The van der Waals surface area contributed by atoms with E-state index in [9.17, 15) is 4.79 Å². The highest BCUT2D eigenvalue weighted by Crippen LogP contribution is 2.38. The number of hydrogen-bond acceptors (Lipinski definition) is 5. The molecule has 1 aromatic rings. The summed E-state index contributed by atoms with van der Waals surface area (Å²) in [6, 6.07) is 0.222. The predicted octanol–water partition coefficient (Wildman–Crippen LogP) is 1.95. The molecule has 0 aromatic carbocycles. The van der Waals surface area contributed by atoms with Gasteiger partial charge in [0.15, 0.2) is 5.82 Å². The van der Waals surface area contributed by atoms with Crippen LogP contribution in [0.3, 0.4) is 0 Å². The van der Waals surface area contributed by atoms with E-state index < -0.39 is 0 Å². The van der Waals surface area contributed by atoms with E-state index in [1.807, 2.05) is 11.8 Å². The summed E-state index contributed by atoms with van der Waals surface area (Å²) in [5, 5.41) is 4.03. The molecule has 0 radical (unpaired) electrons. The summed E-state index contributed by atoms with van der Waals surface area (Å²) in [7, 11) is 0. The van der Waals surface area contributed by atoms with Gasteiger partial charge in [0.05, 0.1) is 6.54 Å². The summed E-state index contributed by atoms with van der Waals surface area (Å²) in [6.07, 6.45) is 3.26. The first-order valence-electron chi connectivity index (χ1n) is 7.99. The standard InChI is InChI=1S/C16H24N4O2/c1-11(2)8-19-7-6-14(9-19)20(12(3)21)10-15-17-16(22-18-15)13-4-5-13/h13-14H,1,4-10H2,2-3H3/t14-/m0/s1. The molecule has 0 unspecified atom stereocenters. The van der Waals surface area contributed by atoms with Crippen LogP contribution in [0.2, 0.25) is 0 Å². The van der Waals surface area contributed by atoms with Gasteiger partial charge in [-0.2, -0.15) is 4.98 Å². The third kappa shape index (κ3) is 3.55. The topological polar surface area (TPSA) is 62.5 Å². The van der Waals surface area contributed by atoms with Crippen LogP contribution in [0.25, 0.3) is 0 Å². The summed E-state index contributed by atoms with van der Waals surface area (Å²) in [6.45, 7) is 10.8. The van der Waals surface area contributed by atoms with Gasteiger partial charge in [-0.05, 0) is 26.2 Å². The Bertz CT molecular complexity index is 564. The second kappa shape index (κ2) is 6.20. The van der Waals surface area contributed by atoms with E-state index in [-0.39, 0.29) is 11.9 Å². The number of hydrogen-bond donors (Lipinski definition) is 0. The van der Waals surface area contributed by atoms with Crippen molar-refractivity contribution in [3.63, 3.8) is 0 Å². The number of carbonyl (C=O) groups excluding carboxylic acids is 1. The number of amides is 1. The second-order valence-corrected chi connectivity index (χ2v) is 6.60. The van der Waals surface area contributed by atoms with Gasteiger partial charge in [0.1, 0.15) is 0 Å². The van der Waals surface area contributed by atoms with Crippen molar-refractivity contribution < 1.29 is 9.32 Å². The van der Waals surface area contributed by atoms with Crippen molar-refractivity contribution in [3.8, 4) is 0 Å². The molecule has 3 rings (SSSR count). The van der Waals surface area contributed by atoms with Crippen molar-refractivity contribution in [1.29, 1.82) is 0 Å². The smallest absolute Gasteiger partial charge is 0.229 e. The summed E-state index contributed by atoms with van der Waals surface area (Å²) >= 11 is 0. The zero-order valence-electron chi connectivity index (χ0n) is 13.4. The van der Waals surface area contributed by atoms with Gasteiger partial charge in [0.2, 0.25) is 11.8 Å². The van der Waals surface area contributed by atoms with Crippen molar-refractivity contribution in [2.24, 2.45) is 0 Å². The third-order valence-electron chi connectivity index (χ3n) is 4.31. The van der Waals surface area contributed by atoms with Crippen molar-refractivity contribution in [3.05, 3.63) is 23.9 Å². The molecule has 120 valence electrons. The lowest BCUT2D eigenvalue weighted by molar-refractivity contribution is -0.131. The SMILES string of the molecule is C=C(C)CN1CC[C@H](N(Cc2noc(C3CC3)n2)C(C)=O)C1. The molecule has 22 heavy (non-hydrogen) atoms. The molecule has 6 heteroatoms. The zero-order valence-corrected chi connectivity index (χ0v) is 13.4. The minimum atomic E-state index is 0.0694. The molecule has 0 bridgehead atoms. The van der Waals surface area contributed by atoms with Crippen molar-refractivity contribution >= 4 is 5.91 Å². The van der Waals surface area contributed by atoms with Gasteiger partial charge in [-0.3, -0.25) is 9.69 Å². The molecule has 1 aliphatic heterocycles. The first-order valence-corrected chi connectivity index (χ1v) is 7.99. The Kier molecular flexibility index (Phi) is 4.29. The molecule has 0 spiro atoms. The fourth-order valence-corrected chi connectivity index (χ4v) is 3.07. The normalized spacial score (nSPS) is 22.0. The fraction of sp³-hybridized carbons (Fsp3) is 0.688.